The Kier molecular flexibility index (Phi) is 2.04. The molecule has 0 fully saturated rings. The highest BCUT2D eigenvalue weighted by Crippen LogP contribution is 2.21. The van der Waals surface area contributed by atoms with Gasteiger partial charge in [0.25, 0.3) is 0 Å². The molecule has 0 saturated heterocycles. The minimum atomic E-state index is 0.759. The zero-order chi connectivity index (χ0) is 9.42. The predicted molar refractivity (Wildman–Crippen MR) is 55.2 cm³/mol. The second-order valence-electron chi connectivity index (χ2n) is 3.03. The molecular weight excluding hydrogens is 230 g/mol. The topological polar surface area (TPSA) is 18.1 Å². The summed E-state index contributed by atoms with van der Waals surface area (Å²) in [4.78, 5) is 0. The number of aromatic nitrogens is 1. The van der Waals surface area contributed by atoms with Crippen molar-refractivity contribution in [1.29, 1.82) is 0 Å². The minimum absolute atomic E-state index is 0.759. The summed E-state index contributed by atoms with van der Waals surface area (Å²) < 4.78 is 8.30. The SMILES string of the molecule is Cc1ccc(C)n1-c1ccc(Br)o1. The first-order chi connectivity index (χ1) is 6.18. The summed E-state index contributed by atoms with van der Waals surface area (Å²) >= 11 is 3.29. The fourth-order valence-corrected chi connectivity index (χ4v) is 1.74. The molecule has 0 radical (unpaired) electrons. The van der Waals surface area contributed by atoms with E-state index in [4.69, 9.17) is 4.42 Å². The van der Waals surface area contributed by atoms with Gasteiger partial charge in [0.15, 0.2) is 4.67 Å². The monoisotopic (exact) mass is 239 g/mol. The third-order valence-electron chi connectivity index (χ3n) is 2.05. The van der Waals surface area contributed by atoms with Crippen molar-refractivity contribution < 1.29 is 4.42 Å². The van der Waals surface area contributed by atoms with Crippen LogP contribution in [0.1, 0.15) is 11.4 Å². The van der Waals surface area contributed by atoms with Gasteiger partial charge in [0, 0.05) is 17.5 Å². The summed E-state index contributed by atoms with van der Waals surface area (Å²) in [6, 6.07) is 8.00. The first-order valence-electron chi connectivity index (χ1n) is 4.09. The lowest BCUT2D eigenvalue weighted by molar-refractivity contribution is 0.511. The van der Waals surface area contributed by atoms with E-state index >= 15 is 0 Å². The predicted octanol–water partition coefficient (Wildman–Crippen LogP) is 3.45. The van der Waals surface area contributed by atoms with Gasteiger partial charge in [-0.05, 0) is 48.0 Å². The average Bonchev–Trinajstić information content (AvgIpc) is 2.60. The molecule has 13 heavy (non-hydrogen) atoms. The van der Waals surface area contributed by atoms with E-state index in [2.05, 4.69) is 46.5 Å². The summed E-state index contributed by atoms with van der Waals surface area (Å²) in [5.41, 5.74) is 2.36. The first-order valence-corrected chi connectivity index (χ1v) is 4.88. The Morgan fingerprint density at radius 3 is 2.15 bits per heavy atom. The van der Waals surface area contributed by atoms with Crippen molar-refractivity contribution in [1.82, 2.24) is 4.57 Å². The minimum Gasteiger partial charge on any atom is -0.433 e. The van der Waals surface area contributed by atoms with Crippen molar-refractivity contribution in [3.05, 3.63) is 40.3 Å². The first kappa shape index (κ1) is 8.63. The molecule has 0 aromatic carbocycles. The second-order valence-corrected chi connectivity index (χ2v) is 3.81. The Hall–Kier alpha value is -0.960. The highest BCUT2D eigenvalue weighted by atomic mass is 79.9. The highest BCUT2D eigenvalue weighted by Gasteiger charge is 2.06. The van der Waals surface area contributed by atoms with Gasteiger partial charge < -0.3 is 4.42 Å². The molecule has 0 saturated carbocycles. The van der Waals surface area contributed by atoms with Crippen LogP contribution in [0.4, 0.5) is 0 Å². The number of rotatable bonds is 1. The number of hydrogen-bond acceptors (Lipinski definition) is 1. The second kappa shape index (κ2) is 3.07. The van der Waals surface area contributed by atoms with Crippen molar-refractivity contribution in [3.63, 3.8) is 0 Å². The van der Waals surface area contributed by atoms with Crippen molar-refractivity contribution >= 4 is 15.9 Å². The van der Waals surface area contributed by atoms with Crippen LogP contribution in [0.3, 0.4) is 0 Å². The van der Waals surface area contributed by atoms with E-state index in [1.165, 1.54) is 11.4 Å². The lowest BCUT2D eigenvalue weighted by Crippen LogP contribution is -1.95. The Balaban J connectivity index is 2.57. The van der Waals surface area contributed by atoms with Crippen molar-refractivity contribution in [2.24, 2.45) is 0 Å². The van der Waals surface area contributed by atoms with E-state index in [9.17, 15) is 0 Å². The molecule has 0 N–H and O–H groups in total. The normalized spacial score (nSPS) is 10.7. The molecule has 3 heteroatoms. The molecule has 2 heterocycles. The van der Waals surface area contributed by atoms with Crippen LogP contribution in [0.5, 0.6) is 0 Å². The van der Waals surface area contributed by atoms with E-state index in [0.717, 1.165) is 10.6 Å². The van der Waals surface area contributed by atoms with Gasteiger partial charge in [0.05, 0.1) is 0 Å². The molecule has 0 unspecified atom stereocenters. The molecule has 2 aromatic rings. The fraction of sp³-hybridized carbons (Fsp3) is 0.200. The molecule has 0 aliphatic heterocycles. The van der Waals surface area contributed by atoms with Gasteiger partial charge in [-0.1, -0.05) is 0 Å². The van der Waals surface area contributed by atoms with Crippen LogP contribution in [0.25, 0.3) is 5.88 Å². The number of aryl methyl sites for hydroxylation is 2. The van der Waals surface area contributed by atoms with Crippen LogP contribution >= 0.6 is 15.9 Å². The number of nitrogens with zero attached hydrogens (tertiary/aromatic N) is 1. The smallest absolute Gasteiger partial charge is 0.205 e. The van der Waals surface area contributed by atoms with Gasteiger partial charge in [0.2, 0.25) is 5.88 Å². The summed E-state index contributed by atoms with van der Waals surface area (Å²) in [5.74, 6) is 0.854. The van der Waals surface area contributed by atoms with Crippen molar-refractivity contribution in [2.75, 3.05) is 0 Å². The summed E-state index contributed by atoms with van der Waals surface area (Å²) in [6.45, 7) is 4.12. The zero-order valence-corrected chi connectivity index (χ0v) is 9.13. The van der Waals surface area contributed by atoms with Gasteiger partial charge in [-0.3, -0.25) is 4.57 Å². The lowest BCUT2D eigenvalue weighted by atomic mass is 10.5. The van der Waals surface area contributed by atoms with Crippen LogP contribution in [0, 0.1) is 13.8 Å². The Morgan fingerprint density at radius 2 is 1.69 bits per heavy atom. The molecule has 0 atom stereocenters. The summed E-state index contributed by atoms with van der Waals surface area (Å²) in [6.07, 6.45) is 0. The van der Waals surface area contributed by atoms with Gasteiger partial charge in [-0.15, -0.1) is 0 Å². The Morgan fingerprint density at radius 1 is 1.08 bits per heavy atom. The van der Waals surface area contributed by atoms with Crippen LogP contribution < -0.4 is 0 Å². The van der Waals surface area contributed by atoms with Crippen LogP contribution in [-0.4, -0.2) is 4.57 Å². The molecule has 2 aromatic heterocycles. The van der Waals surface area contributed by atoms with E-state index < -0.39 is 0 Å². The molecule has 0 amide bonds. The zero-order valence-electron chi connectivity index (χ0n) is 7.54. The van der Waals surface area contributed by atoms with Gasteiger partial charge in [-0.2, -0.15) is 0 Å². The van der Waals surface area contributed by atoms with E-state index in [0.29, 0.717) is 0 Å². The molecule has 0 aliphatic rings. The van der Waals surface area contributed by atoms with Crippen molar-refractivity contribution in [2.45, 2.75) is 13.8 Å². The van der Waals surface area contributed by atoms with Gasteiger partial charge >= 0.3 is 0 Å². The molecular formula is C10H10BrNO. The lowest BCUT2D eigenvalue weighted by Gasteiger charge is -2.03. The Labute approximate surface area is 85.3 Å². The molecule has 0 bridgehead atoms. The van der Waals surface area contributed by atoms with Crippen LogP contribution in [-0.2, 0) is 0 Å². The van der Waals surface area contributed by atoms with E-state index in [1.54, 1.807) is 0 Å². The van der Waals surface area contributed by atoms with Gasteiger partial charge in [-0.25, -0.2) is 0 Å². The van der Waals surface area contributed by atoms with Gasteiger partial charge in [0.1, 0.15) is 0 Å². The highest BCUT2D eigenvalue weighted by molar-refractivity contribution is 9.10. The molecule has 68 valence electrons. The van der Waals surface area contributed by atoms with E-state index in [-0.39, 0.29) is 0 Å². The van der Waals surface area contributed by atoms with Crippen molar-refractivity contribution in [3.8, 4) is 5.88 Å². The fourth-order valence-electron chi connectivity index (χ4n) is 1.44. The molecule has 2 rings (SSSR count). The van der Waals surface area contributed by atoms with E-state index in [1.807, 2.05) is 12.1 Å². The summed E-state index contributed by atoms with van der Waals surface area (Å²) in [5, 5.41) is 0. The Bertz CT molecular complexity index is 408. The molecule has 2 nitrogen and oxygen atoms in total. The third-order valence-corrected chi connectivity index (χ3v) is 2.48. The molecule has 0 spiro atoms. The largest absolute Gasteiger partial charge is 0.433 e. The summed E-state index contributed by atoms with van der Waals surface area (Å²) in [7, 11) is 0. The maximum atomic E-state index is 5.47. The number of furan rings is 1. The average molecular weight is 240 g/mol. The third kappa shape index (κ3) is 1.44. The number of halogens is 1. The van der Waals surface area contributed by atoms with Crippen LogP contribution in [0.2, 0.25) is 0 Å². The van der Waals surface area contributed by atoms with Crippen LogP contribution in [0.15, 0.2) is 33.4 Å². The molecule has 0 aliphatic carbocycles. The maximum Gasteiger partial charge on any atom is 0.205 e. The maximum absolute atomic E-state index is 5.47. The quantitative estimate of drug-likeness (QED) is 0.746. The number of hydrogen-bond donors (Lipinski definition) is 0. The standard InChI is InChI=1S/C10H10BrNO/c1-7-3-4-8(2)12(7)10-6-5-9(11)13-10/h3-6H,1-2H3.